The molecule has 0 aliphatic heterocycles. The summed E-state index contributed by atoms with van der Waals surface area (Å²) in [5.74, 6) is 0.811. The summed E-state index contributed by atoms with van der Waals surface area (Å²) < 4.78 is 5.12. The Hall–Kier alpha value is -1.02. The van der Waals surface area contributed by atoms with Crippen molar-refractivity contribution in [3.8, 4) is 0 Å². The van der Waals surface area contributed by atoms with Crippen molar-refractivity contribution in [1.29, 1.82) is 0 Å². The highest BCUT2D eigenvalue weighted by molar-refractivity contribution is 5.47. The molecule has 1 N–H and O–H groups in total. The van der Waals surface area contributed by atoms with E-state index in [1.54, 1.807) is 25.3 Å². The number of hydrogen-bond donors (Lipinski definition) is 1. The second-order valence-electron chi connectivity index (χ2n) is 2.57. The Labute approximate surface area is 66.2 Å². The van der Waals surface area contributed by atoms with Gasteiger partial charge in [0.15, 0.2) is 0 Å². The first-order valence-corrected chi connectivity index (χ1v) is 3.60. The molecule has 0 aromatic carbocycles. The number of furan rings is 1. The van der Waals surface area contributed by atoms with Crippen LogP contribution in [0.1, 0.15) is 18.2 Å². The van der Waals surface area contributed by atoms with E-state index in [0.717, 1.165) is 11.3 Å². The van der Waals surface area contributed by atoms with E-state index < -0.39 is 6.10 Å². The van der Waals surface area contributed by atoms with E-state index in [-0.39, 0.29) is 0 Å². The van der Waals surface area contributed by atoms with Crippen LogP contribution in [0.4, 0.5) is 0 Å². The van der Waals surface area contributed by atoms with Crippen molar-refractivity contribution >= 4 is 6.08 Å². The minimum absolute atomic E-state index is 0.417. The maximum Gasteiger partial charge on any atom is 0.129 e. The van der Waals surface area contributed by atoms with Gasteiger partial charge in [-0.3, -0.25) is 0 Å². The Balaban J connectivity index is 2.71. The number of aliphatic hydroxyl groups is 1. The van der Waals surface area contributed by atoms with E-state index in [1.165, 1.54) is 0 Å². The van der Waals surface area contributed by atoms with Crippen LogP contribution in [0.5, 0.6) is 0 Å². The molecule has 1 heterocycles. The smallest absolute Gasteiger partial charge is 0.129 e. The Bertz CT molecular complexity index is 246. The molecule has 60 valence electrons. The lowest BCUT2D eigenvalue weighted by Crippen LogP contribution is -1.91. The lowest BCUT2D eigenvalue weighted by atomic mass is 10.2. The minimum Gasteiger partial charge on any atom is -0.465 e. The monoisotopic (exact) mass is 152 g/mol. The molecule has 1 rings (SSSR count). The Kier molecular flexibility index (Phi) is 2.49. The highest BCUT2D eigenvalue weighted by Gasteiger charge is 1.95. The third-order valence-electron chi connectivity index (χ3n) is 1.43. The molecule has 0 spiro atoms. The molecule has 0 saturated heterocycles. The first-order valence-electron chi connectivity index (χ1n) is 3.60. The number of hydrogen-bond acceptors (Lipinski definition) is 2. The first-order chi connectivity index (χ1) is 5.20. The molecule has 0 bridgehead atoms. The predicted octanol–water partition coefficient (Wildman–Crippen LogP) is 1.98. The third kappa shape index (κ3) is 2.24. The fraction of sp³-hybridized carbons (Fsp3) is 0.333. The van der Waals surface area contributed by atoms with Crippen molar-refractivity contribution < 1.29 is 9.52 Å². The standard InChI is InChI=1S/C9H12O2/c1-7-5-6-11-9(7)4-3-8(2)10/h3-6,8,10H,1-2H3/b4-3+. The highest BCUT2D eigenvalue weighted by atomic mass is 16.3. The van der Waals surface area contributed by atoms with Crippen molar-refractivity contribution in [2.75, 3.05) is 0 Å². The summed E-state index contributed by atoms with van der Waals surface area (Å²) in [6.45, 7) is 3.67. The topological polar surface area (TPSA) is 33.4 Å². The van der Waals surface area contributed by atoms with Crippen molar-refractivity contribution in [3.05, 3.63) is 29.7 Å². The highest BCUT2D eigenvalue weighted by Crippen LogP contribution is 2.10. The molecular formula is C9H12O2. The lowest BCUT2D eigenvalue weighted by molar-refractivity contribution is 0.245. The molecule has 2 heteroatoms. The summed E-state index contributed by atoms with van der Waals surface area (Å²) in [4.78, 5) is 0. The molecule has 1 unspecified atom stereocenters. The largest absolute Gasteiger partial charge is 0.465 e. The zero-order valence-electron chi connectivity index (χ0n) is 6.74. The van der Waals surface area contributed by atoms with Gasteiger partial charge in [0.2, 0.25) is 0 Å². The van der Waals surface area contributed by atoms with E-state index in [1.807, 2.05) is 13.0 Å². The molecule has 1 aromatic rings. The average Bonchev–Trinajstić information content (AvgIpc) is 2.31. The summed E-state index contributed by atoms with van der Waals surface area (Å²) in [5.41, 5.74) is 1.09. The summed E-state index contributed by atoms with van der Waals surface area (Å²) in [5, 5.41) is 8.91. The van der Waals surface area contributed by atoms with Gasteiger partial charge >= 0.3 is 0 Å². The summed E-state index contributed by atoms with van der Waals surface area (Å²) in [6, 6.07) is 1.89. The fourth-order valence-electron chi connectivity index (χ4n) is 0.782. The molecule has 0 amide bonds. The zero-order chi connectivity index (χ0) is 8.27. The minimum atomic E-state index is -0.417. The molecule has 1 aromatic heterocycles. The van der Waals surface area contributed by atoms with Gasteiger partial charge in [-0.25, -0.2) is 0 Å². The van der Waals surface area contributed by atoms with Crippen LogP contribution in [0.3, 0.4) is 0 Å². The van der Waals surface area contributed by atoms with E-state index in [4.69, 9.17) is 9.52 Å². The molecule has 1 atom stereocenters. The quantitative estimate of drug-likeness (QED) is 0.703. The Morgan fingerprint density at radius 2 is 2.36 bits per heavy atom. The van der Waals surface area contributed by atoms with Gasteiger partial charge in [0.1, 0.15) is 5.76 Å². The SMILES string of the molecule is Cc1ccoc1/C=C/C(C)O. The van der Waals surface area contributed by atoms with E-state index in [0.29, 0.717) is 0 Å². The van der Waals surface area contributed by atoms with Crippen LogP contribution in [-0.2, 0) is 0 Å². The van der Waals surface area contributed by atoms with Gasteiger partial charge in [-0.2, -0.15) is 0 Å². The number of rotatable bonds is 2. The van der Waals surface area contributed by atoms with Crippen molar-refractivity contribution in [1.82, 2.24) is 0 Å². The van der Waals surface area contributed by atoms with Gasteiger partial charge in [0.05, 0.1) is 12.4 Å². The summed E-state index contributed by atoms with van der Waals surface area (Å²) >= 11 is 0. The molecule has 0 fully saturated rings. The van der Waals surface area contributed by atoms with Gasteiger partial charge in [-0.1, -0.05) is 6.08 Å². The second kappa shape index (κ2) is 3.39. The maximum absolute atomic E-state index is 8.91. The molecule has 0 saturated carbocycles. The van der Waals surface area contributed by atoms with Crippen molar-refractivity contribution in [2.24, 2.45) is 0 Å². The van der Waals surface area contributed by atoms with Crippen molar-refractivity contribution in [3.63, 3.8) is 0 Å². The normalized spacial score (nSPS) is 14.1. The fourth-order valence-corrected chi connectivity index (χ4v) is 0.782. The van der Waals surface area contributed by atoms with Gasteiger partial charge in [-0.15, -0.1) is 0 Å². The number of aliphatic hydroxyl groups excluding tert-OH is 1. The molecule has 0 aliphatic rings. The van der Waals surface area contributed by atoms with Crippen LogP contribution in [0.15, 0.2) is 22.8 Å². The second-order valence-corrected chi connectivity index (χ2v) is 2.57. The Morgan fingerprint density at radius 3 is 2.82 bits per heavy atom. The first kappa shape index (κ1) is 8.08. The number of aryl methyl sites for hydroxylation is 1. The van der Waals surface area contributed by atoms with E-state index in [2.05, 4.69) is 0 Å². The predicted molar refractivity (Wildman–Crippen MR) is 44.2 cm³/mol. The van der Waals surface area contributed by atoms with Gasteiger partial charge in [0.25, 0.3) is 0 Å². The van der Waals surface area contributed by atoms with Crippen LogP contribution >= 0.6 is 0 Å². The molecule has 2 nitrogen and oxygen atoms in total. The van der Waals surface area contributed by atoms with Crippen LogP contribution in [0.25, 0.3) is 6.08 Å². The molecule has 11 heavy (non-hydrogen) atoms. The summed E-state index contributed by atoms with van der Waals surface area (Å²) in [7, 11) is 0. The van der Waals surface area contributed by atoms with Crippen LogP contribution < -0.4 is 0 Å². The molecule has 0 radical (unpaired) electrons. The Morgan fingerprint density at radius 1 is 1.64 bits per heavy atom. The average molecular weight is 152 g/mol. The maximum atomic E-state index is 8.91. The zero-order valence-corrected chi connectivity index (χ0v) is 6.74. The lowest BCUT2D eigenvalue weighted by Gasteiger charge is -1.92. The third-order valence-corrected chi connectivity index (χ3v) is 1.43. The van der Waals surface area contributed by atoms with Gasteiger partial charge in [0, 0.05) is 0 Å². The van der Waals surface area contributed by atoms with Crippen LogP contribution in [0, 0.1) is 6.92 Å². The summed E-state index contributed by atoms with van der Waals surface area (Å²) in [6.07, 6.45) is 4.68. The van der Waals surface area contributed by atoms with Crippen LogP contribution in [0.2, 0.25) is 0 Å². The van der Waals surface area contributed by atoms with E-state index in [9.17, 15) is 0 Å². The van der Waals surface area contributed by atoms with Crippen molar-refractivity contribution in [2.45, 2.75) is 20.0 Å². The van der Waals surface area contributed by atoms with E-state index >= 15 is 0 Å². The molecule has 0 aliphatic carbocycles. The van der Waals surface area contributed by atoms with Crippen LogP contribution in [-0.4, -0.2) is 11.2 Å². The van der Waals surface area contributed by atoms with Gasteiger partial charge in [-0.05, 0) is 31.6 Å². The van der Waals surface area contributed by atoms with Gasteiger partial charge < -0.3 is 9.52 Å². The molecular weight excluding hydrogens is 140 g/mol.